The van der Waals surface area contributed by atoms with E-state index in [1.165, 1.54) is 34.7 Å². The Morgan fingerprint density at radius 3 is 3.07 bits per heavy atom. The number of allylic oxidation sites excluding steroid dienone is 1. The van der Waals surface area contributed by atoms with Gasteiger partial charge in [-0.3, -0.25) is 0 Å². The van der Waals surface area contributed by atoms with E-state index in [-0.39, 0.29) is 0 Å². The van der Waals surface area contributed by atoms with Crippen LogP contribution in [0.5, 0.6) is 0 Å². The molecule has 0 fully saturated rings. The molecule has 0 bridgehead atoms. The van der Waals surface area contributed by atoms with E-state index in [9.17, 15) is 0 Å². The number of alkyl halides is 1. The lowest BCUT2D eigenvalue weighted by atomic mass is 10.0. The van der Waals surface area contributed by atoms with E-state index in [1.807, 2.05) is 0 Å². The van der Waals surface area contributed by atoms with Gasteiger partial charge in [-0.15, -0.1) is 0 Å². The monoisotopic (exact) mass is 249 g/mol. The fourth-order valence-electron chi connectivity index (χ4n) is 2.27. The molecule has 14 heavy (non-hydrogen) atoms. The highest BCUT2D eigenvalue weighted by molar-refractivity contribution is 9.09. The molecule has 2 aliphatic carbocycles. The van der Waals surface area contributed by atoms with Gasteiger partial charge < -0.3 is 4.98 Å². The summed E-state index contributed by atoms with van der Waals surface area (Å²) in [6, 6.07) is 0. The standard InChI is InChI=1S/C12H12BrN/c13-8-5-6-12-10(7-8)9-3-1-2-4-11(9)14-12/h3-6,8,14H,1-2,7H2. The Bertz CT molecular complexity index is 507. The summed E-state index contributed by atoms with van der Waals surface area (Å²) in [7, 11) is 0. The first-order chi connectivity index (χ1) is 6.84. The van der Waals surface area contributed by atoms with Crippen LogP contribution in [0.25, 0.3) is 18.2 Å². The number of halogens is 1. The molecule has 0 saturated carbocycles. The summed E-state index contributed by atoms with van der Waals surface area (Å²) in [5.74, 6) is 0. The smallest absolute Gasteiger partial charge is 0.0421 e. The molecule has 2 heteroatoms. The third-order valence-electron chi connectivity index (χ3n) is 2.94. The number of aromatic amines is 1. The number of H-pyrrole nitrogens is 1. The zero-order valence-corrected chi connectivity index (χ0v) is 9.47. The van der Waals surface area contributed by atoms with Crippen LogP contribution < -0.4 is 10.6 Å². The minimum Gasteiger partial charge on any atom is -0.355 e. The topological polar surface area (TPSA) is 15.8 Å². The average Bonchev–Trinajstić information content (AvgIpc) is 2.56. The van der Waals surface area contributed by atoms with Gasteiger partial charge in [-0.1, -0.05) is 34.2 Å². The van der Waals surface area contributed by atoms with Crippen molar-refractivity contribution < 1.29 is 0 Å². The average molecular weight is 250 g/mol. The summed E-state index contributed by atoms with van der Waals surface area (Å²) < 4.78 is 0. The van der Waals surface area contributed by atoms with Crippen LogP contribution in [-0.4, -0.2) is 9.81 Å². The van der Waals surface area contributed by atoms with Crippen molar-refractivity contribution >= 4 is 34.2 Å². The molecule has 0 aliphatic heterocycles. The minimum atomic E-state index is 0.505. The van der Waals surface area contributed by atoms with Crippen LogP contribution in [0.1, 0.15) is 24.1 Å². The SMILES string of the molecule is BrC1C=Cc2[nH]c3c(c2C1)=CCCC=3. The molecular formula is C12H12BrN. The van der Waals surface area contributed by atoms with Crippen molar-refractivity contribution in [2.45, 2.75) is 24.1 Å². The molecule has 0 saturated heterocycles. The summed E-state index contributed by atoms with van der Waals surface area (Å²) in [6.07, 6.45) is 12.6. The van der Waals surface area contributed by atoms with E-state index in [2.05, 4.69) is 45.2 Å². The lowest BCUT2D eigenvalue weighted by Gasteiger charge is -2.10. The molecule has 72 valence electrons. The molecule has 1 heterocycles. The maximum Gasteiger partial charge on any atom is 0.0421 e. The molecule has 0 aromatic carbocycles. The number of hydrogen-bond acceptors (Lipinski definition) is 0. The number of fused-ring (bicyclic) bond motifs is 3. The van der Waals surface area contributed by atoms with Crippen LogP contribution in [0.2, 0.25) is 0 Å². The minimum absolute atomic E-state index is 0.505. The van der Waals surface area contributed by atoms with Crippen molar-refractivity contribution in [2.24, 2.45) is 0 Å². The largest absolute Gasteiger partial charge is 0.355 e. The van der Waals surface area contributed by atoms with Crippen molar-refractivity contribution in [2.75, 3.05) is 0 Å². The molecule has 3 rings (SSSR count). The maximum absolute atomic E-state index is 3.65. The van der Waals surface area contributed by atoms with Gasteiger partial charge in [0.05, 0.1) is 0 Å². The second-order valence-electron chi connectivity index (χ2n) is 3.91. The first-order valence-electron chi connectivity index (χ1n) is 5.08. The van der Waals surface area contributed by atoms with Crippen LogP contribution in [-0.2, 0) is 6.42 Å². The van der Waals surface area contributed by atoms with Gasteiger partial charge in [0.15, 0.2) is 0 Å². The number of hydrogen-bond donors (Lipinski definition) is 1. The number of nitrogens with one attached hydrogen (secondary N) is 1. The first kappa shape index (κ1) is 8.54. The van der Waals surface area contributed by atoms with Crippen molar-refractivity contribution in [1.82, 2.24) is 4.98 Å². The Hall–Kier alpha value is -0.760. The summed E-state index contributed by atoms with van der Waals surface area (Å²) in [5.41, 5.74) is 2.79. The van der Waals surface area contributed by atoms with Gasteiger partial charge in [-0.2, -0.15) is 0 Å². The van der Waals surface area contributed by atoms with Crippen molar-refractivity contribution in [1.29, 1.82) is 0 Å². The van der Waals surface area contributed by atoms with E-state index >= 15 is 0 Å². The van der Waals surface area contributed by atoms with E-state index in [4.69, 9.17) is 0 Å². The summed E-state index contributed by atoms with van der Waals surface area (Å²) in [4.78, 5) is 3.99. The van der Waals surface area contributed by atoms with Crippen LogP contribution >= 0.6 is 15.9 Å². The Morgan fingerprint density at radius 1 is 1.29 bits per heavy atom. The first-order valence-corrected chi connectivity index (χ1v) is 5.99. The summed E-state index contributed by atoms with van der Waals surface area (Å²) in [6.45, 7) is 0. The van der Waals surface area contributed by atoms with Gasteiger partial charge >= 0.3 is 0 Å². The Morgan fingerprint density at radius 2 is 2.14 bits per heavy atom. The molecule has 1 aromatic rings. The summed E-state index contributed by atoms with van der Waals surface area (Å²) in [5, 5.41) is 2.77. The molecular weight excluding hydrogens is 238 g/mol. The van der Waals surface area contributed by atoms with Gasteiger partial charge in [0.1, 0.15) is 0 Å². The number of aromatic nitrogens is 1. The maximum atomic E-state index is 3.65. The molecule has 1 unspecified atom stereocenters. The Balaban J connectivity index is 2.31. The van der Waals surface area contributed by atoms with Crippen LogP contribution in [0.15, 0.2) is 6.08 Å². The van der Waals surface area contributed by atoms with Crippen LogP contribution in [0.4, 0.5) is 0 Å². The normalized spacial score (nSPS) is 23.4. The quantitative estimate of drug-likeness (QED) is 0.674. The number of rotatable bonds is 0. The predicted molar refractivity (Wildman–Crippen MR) is 63.7 cm³/mol. The molecule has 1 nitrogen and oxygen atoms in total. The van der Waals surface area contributed by atoms with E-state index < -0.39 is 0 Å². The molecule has 2 aliphatic rings. The zero-order valence-electron chi connectivity index (χ0n) is 7.89. The lowest BCUT2D eigenvalue weighted by Crippen LogP contribution is -2.27. The lowest BCUT2D eigenvalue weighted by molar-refractivity contribution is 1.01. The second kappa shape index (κ2) is 3.13. The van der Waals surface area contributed by atoms with Gasteiger partial charge in [0, 0.05) is 15.9 Å². The van der Waals surface area contributed by atoms with Crippen molar-refractivity contribution in [3.8, 4) is 0 Å². The molecule has 1 atom stereocenters. The van der Waals surface area contributed by atoms with Gasteiger partial charge in [-0.25, -0.2) is 0 Å². The Kier molecular flexibility index (Phi) is 1.91. The Labute approximate surface area is 91.3 Å². The zero-order chi connectivity index (χ0) is 9.54. The van der Waals surface area contributed by atoms with Crippen LogP contribution in [0.3, 0.4) is 0 Å². The fourth-order valence-corrected chi connectivity index (χ4v) is 2.75. The van der Waals surface area contributed by atoms with Gasteiger partial charge in [0.25, 0.3) is 0 Å². The third-order valence-corrected chi connectivity index (χ3v) is 3.57. The van der Waals surface area contributed by atoms with Crippen molar-refractivity contribution in [3.05, 3.63) is 27.9 Å². The molecule has 0 spiro atoms. The van der Waals surface area contributed by atoms with E-state index in [1.54, 1.807) is 0 Å². The second-order valence-corrected chi connectivity index (χ2v) is 5.09. The highest BCUT2D eigenvalue weighted by Crippen LogP contribution is 2.18. The van der Waals surface area contributed by atoms with E-state index in [0.29, 0.717) is 4.83 Å². The third kappa shape index (κ3) is 1.21. The van der Waals surface area contributed by atoms with Gasteiger partial charge in [-0.05, 0) is 36.1 Å². The highest BCUT2D eigenvalue weighted by atomic mass is 79.9. The predicted octanol–water partition coefficient (Wildman–Crippen LogP) is 1.70. The molecule has 0 amide bonds. The molecule has 0 radical (unpaired) electrons. The highest BCUT2D eigenvalue weighted by Gasteiger charge is 2.15. The van der Waals surface area contributed by atoms with E-state index in [0.717, 1.165) is 6.42 Å². The summed E-state index contributed by atoms with van der Waals surface area (Å²) >= 11 is 3.65. The van der Waals surface area contributed by atoms with Crippen LogP contribution in [0, 0.1) is 0 Å². The fraction of sp³-hybridized carbons (Fsp3) is 0.333. The van der Waals surface area contributed by atoms with Crippen molar-refractivity contribution in [3.63, 3.8) is 0 Å². The molecule has 1 N–H and O–H groups in total. The molecule has 1 aromatic heterocycles. The van der Waals surface area contributed by atoms with Gasteiger partial charge in [0.2, 0.25) is 0 Å².